The summed E-state index contributed by atoms with van der Waals surface area (Å²) in [5, 5.41) is 0. The van der Waals surface area contributed by atoms with Gasteiger partial charge in [0, 0.05) is 24.5 Å². The molecule has 29 heavy (non-hydrogen) atoms. The van der Waals surface area contributed by atoms with Crippen molar-refractivity contribution in [1.82, 2.24) is 0 Å². The Balaban J connectivity index is 1.58. The van der Waals surface area contributed by atoms with Crippen LogP contribution in [0.2, 0.25) is 0 Å². The minimum atomic E-state index is -3.57. The molecule has 1 heterocycles. The summed E-state index contributed by atoms with van der Waals surface area (Å²) >= 11 is 0. The van der Waals surface area contributed by atoms with Crippen molar-refractivity contribution in [3.8, 4) is 0 Å². The molecule has 2 aromatic carbocycles. The van der Waals surface area contributed by atoms with Crippen LogP contribution in [0.15, 0.2) is 53.4 Å². The molecule has 0 unspecified atom stereocenters. The van der Waals surface area contributed by atoms with Crippen LogP contribution in [-0.2, 0) is 16.4 Å². The summed E-state index contributed by atoms with van der Waals surface area (Å²) in [5.74, 6) is 0.792. The molecule has 1 aliphatic heterocycles. The first-order valence-corrected chi connectivity index (χ1v) is 12.4. The molecular formula is C24H34N2O2S. The van der Waals surface area contributed by atoms with E-state index in [1.807, 2.05) is 36.4 Å². The third kappa shape index (κ3) is 6.23. The van der Waals surface area contributed by atoms with Crippen LogP contribution in [0.4, 0.5) is 11.4 Å². The van der Waals surface area contributed by atoms with Crippen LogP contribution in [0, 0.1) is 5.92 Å². The van der Waals surface area contributed by atoms with Gasteiger partial charge in [0.25, 0.3) is 10.0 Å². The Bertz CT molecular complexity index is 853. The summed E-state index contributed by atoms with van der Waals surface area (Å²) in [4.78, 5) is 2.68. The average Bonchev–Trinajstić information content (AvgIpc) is 2.73. The summed E-state index contributed by atoms with van der Waals surface area (Å²) in [7, 11) is -3.57. The van der Waals surface area contributed by atoms with Crippen LogP contribution in [-0.4, -0.2) is 21.5 Å². The third-order valence-electron chi connectivity index (χ3n) is 5.82. The molecule has 0 saturated carbocycles. The van der Waals surface area contributed by atoms with Crippen molar-refractivity contribution in [2.24, 2.45) is 5.92 Å². The fourth-order valence-corrected chi connectivity index (χ4v) is 4.87. The molecule has 0 aliphatic carbocycles. The van der Waals surface area contributed by atoms with Gasteiger partial charge in [-0.3, -0.25) is 4.72 Å². The molecule has 0 aromatic heterocycles. The second-order valence-electron chi connectivity index (χ2n) is 8.28. The van der Waals surface area contributed by atoms with E-state index < -0.39 is 10.0 Å². The van der Waals surface area contributed by atoms with Crippen molar-refractivity contribution in [3.63, 3.8) is 0 Å². The van der Waals surface area contributed by atoms with E-state index in [2.05, 4.69) is 23.5 Å². The Morgan fingerprint density at radius 1 is 0.931 bits per heavy atom. The van der Waals surface area contributed by atoms with E-state index in [0.29, 0.717) is 10.6 Å². The summed E-state index contributed by atoms with van der Waals surface area (Å²) in [5.41, 5.74) is 2.95. The number of nitrogens with zero attached hydrogens (tertiary/aromatic N) is 1. The Kier molecular flexibility index (Phi) is 7.59. The highest BCUT2D eigenvalue weighted by Gasteiger charge is 2.17. The fraction of sp³-hybridized carbons (Fsp3) is 0.500. The average molecular weight is 415 g/mol. The molecule has 4 nitrogen and oxygen atoms in total. The normalized spacial score (nSPS) is 15.4. The van der Waals surface area contributed by atoms with Gasteiger partial charge in [0.15, 0.2) is 0 Å². The van der Waals surface area contributed by atoms with Gasteiger partial charge in [-0.2, -0.15) is 0 Å². The quantitative estimate of drug-likeness (QED) is 0.524. The zero-order valence-electron chi connectivity index (χ0n) is 17.7. The van der Waals surface area contributed by atoms with Crippen molar-refractivity contribution < 1.29 is 8.42 Å². The highest BCUT2D eigenvalue weighted by molar-refractivity contribution is 7.92. The maximum absolute atomic E-state index is 12.7. The van der Waals surface area contributed by atoms with Crippen LogP contribution < -0.4 is 9.62 Å². The standard InChI is InChI=1S/C24H34N2O2S/c1-3-4-5-6-7-21-8-14-24(15-9-21)29(27,28)25-22-10-12-23(13-11-22)26-18-16-20(2)17-19-26/h8-15,20,25H,3-7,16-19H2,1-2H3. The molecule has 2 aromatic rings. The molecule has 0 bridgehead atoms. The van der Waals surface area contributed by atoms with Crippen LogP contribution >= 0.6 is 0 Å². The van der Waals surface area contributed by atoms with Crippen LogP contribution in [0.5, 0.6) is 0 Å². The number of hydrogen-bond donors (Lipinski definition) is 1. The Labute approximate surface area is 176 Å². The number of aryl methyl sites for hydroxylation is 1. The summed E-state index contributed by atoms with van der Waals surface area (Å²) < 4.78 is 28.1. The lowest BCUT2D eigenvalue weighted by Gasteiger charge is -2.32. The van der Waals surface area contributed by atoms with Crippen molar-refractivity contribution in [1.29, 1.82) is 0 Å². The number of hydrogen-bond acceptors (Lipinski definition) is 3. The number of sulfonamides is 1. The highest BCUT2D eigenvalue weighted by atomic mass is 32.2. The van der Waals surface area contributed by atoms with Gasteiger partial charge in [-0.1, -0.05) is 45.2 Å². The van der Waals surface area contributed by atoms with Crippen molar-refractivity contribution in [2.45, 2.75) is 63.7 Å². The van der Waals surface area contributed by atoms with Crippen LogP contribution in [0.1, 0.15) is 57.9 Å². The van der Waals surface area contributed by atoms with Gasteiger partial charge in [-0.15, -0.1) is 0 Å². The minimum absolute atomic E-state index is 0.309. The second-order valence-corrected chi connectivity index (χ2v) is 9.96. The molecule has 1 aliphatic rings. The Morgan fingerprint density at radius 3 is 2.21 bits per heavy atom. The number of benzene rings is 2. The molecular weight excluding hydrogens is 380 g/mol. The number of unbranched alkanes of at least 4 members (excludes halogenated alkanes) is 3. The van der Waals surface area contributed by atoms with E-state index in [1.54, 1.807) is 12.1 Å². The summed E-state index contributed by atoms with van der Waals surface area (Å²) in [6.45, 7) is 6.64. The van der Waals surface area contributed by atoms with Crippen molar-refractivity contribution in [3.05, 3.63) is 54.1 Å². The minimum Gasteiger partial charge on any atom is -0.372 e. The van der Waals surface area contributed by atoms with E-state index >= 15 is 0 Å². The highest BCUT2D eigenvalue weighted by Crippen LogP contribution is 2.25. The number of piperidine rings is 1. The van der Waals surface area contributed by atoms with Crippen LogP contribution in [0.25, 0.3) is 0 Å². The van der Waals surface area contributed by atoms with Gasteiger partial charge in [0.1, 0.15) is 0 Å². The number of rotatable bonds is 9. The SMILES string of the molecule is CCCCCCc1ccc(S(=O)(=O)Nc2ccc(N3CCC(C)CC3)cc2)cc1. The smallest absolute Gasteiger partial charge is 0.261 e. The van der Waals surface area contributed by atoms with Gasteiger partial charge < -0.3 is 4.90 Å². The molecule has 158 valence electrons. The predicted octanol–water partition coefficient (Wildman–Crippen LogP) is 5.85. The lowest BCUT2D eigenvalue weighted by Crippen LogP contribution is -2.32. The zero-order chi connectivity index (χ0) is 20.7. The second kappa shape index (κ2) is 10.1. The van der Waals surface area contributed by atoms with E-state index in [-0.39, 0.29) is 0 Å². The first kappa shape index (κ1) is 21.7. The maximum atomic E-state index is 12.7. The van der Waals surface area contributed by atoms with Gasteiger partial charge in [0.2, 0.25) is 0 Å². The molecule has 5 heteroatoms. The van der Waals surface area contributed by atoms with Crippen molar-refractivity contribution >= 4 is 21.4 Å². The molecule has 3 rings (SSSR count). The van der Waals surface area contributed by atoms with E-state index in [0.717, 1.165) is 37.5 Å². The molecule has 0 radical (unpaired) electrons. The fourth-order valence-electron chi connectivity index (χ4n) is 3.81. The number of anilines is 2. The monoisotopic (exact) mass is 414 g/mol. The first-order chi connectivity index (χ1) is 14.0. The van der Waals surface area contributed by atoms with Crippen LogP contribution in [0.3, 0.4) is 0 Å². The summed E-state index contributed by atoms with van der Waals surface area (Å²) in [6, 6.07) is 15.0. The van der Waals surface area contributed by atoms with Gasteiger partial charge >= 0.3 is 0 Å². The van der Waals surface area contributed by atoms with Gasteiger partial charge in [0.05, 0.1) is 4.90 Å². The van der Waals surface area contributed by atoms with E-state index in [9.17, 15) is 8.42 Å². The third-order valence-corrected chi connectivity index (χ3v) is 7.22. The predicted molar refractivity (Wildman–Crippen MR) is 122 cm³/mol. The lowest BCUT2D eigenvalue weighted by atomic mass is 9.99. The van der Waals surface area contributed by atoms with Gasteiger partial charge in [-0.05, 0) is 73.6 Å². The molecule has 0 amide bonds. The maximum Gasteiger partial charge on any atom is 0.261 e. The molecule has 1 saturated heterocycles. The zero-order valence-corrected chi connectivity index (χ0v) is 18.5. The Hall–Kier alpha value is -2.01. The molecule has 0 atom stereocenters. The summed E-state index contributed by atoms with van der Waals surface area (Å²) in [6.07, 6.45) is 8.29. The molecule has 1 N–H and O–H groups in total. The first-order valence-electron chi connectivity index (χ1n) is 10.9. The Morgan fingerprint density at radius 2 is 1.59 bits per heavy atom. The van der Waals surface area contributed by atoms with E-state index in [4.69, 9.17) is 0 Å². The largest absolute Gasteiger partial charge is 0.372 e. The van der Waals surface area contributed by atoms with E-state index in [1.165, 1.54) is 37.7 Å². The van der Waals surface area contributed by atoms with Gasteiger partial charge in [-0.25, -0.2) is 8.42 Å². The lowest BCUT2D eigenvalue weighted by molar-refractivity contribution is 0.438. The number of nitrogens with one attached hydrogen (secondary N) is 1. The van der Waals surface area contributed by atoms with Crippen molar-refractivity contribution in [2.75, 3.05) is 22.7 Å². The molecule has 1 fully saturated rings. The molecule has 0 spiro atoms. The topological polar surface area (TPSA) is 49.4 Å².